The number of rotatable bonds is 31. The van der Waals surface area contributed by atoms with Crippen molar-refractivity contribution in [2.75, 3.05) is 171 Å². The van der Waals surface area contributed by atoms with Crippen LogP contribution >= 0.6 is 15.8 Å². The van der Waals surface area contributed by atoms with E-state index in [4.69, 9.17) is 75.8 Å². The van der Waals surface area contributed by atoms with Gasteiger partial charge < -0.3 is 86.0 Å². The van der Waals surface area contributed by atoms with Gasteiger partial charge in [-0.15, -0.1) is 0 Å². The van der Waals surface area contributed by atoms with Crippen LogP contribution in [0, 0.1) is 0 Å². The van der Waals surface area contributed by atoms with Gasteiger partial charge in [0, 0.05) is 103 Å². The average Bonchev–Trinajstić information content (AvgIpc) is 3.48. The zero-order valence-corrected chi connectivity index (χ0v) is 53.1. The zero-order valence-electron chi connectivity index (χ0n) is 49.3. The molecule has 0 amide bonds. The second kappa shape index (κ2) is 43.8. The van der Waals surface area contributed by atoms with Gasteiger partial charge in [0.25, 0.3) is 0 Å². The topological polar surface area (TPSA) is 219 Å². The molecule has 79 heavy (non-hydrogen) atoms. The maximum Gasteiger partial charge on any atom is 0.161 e. The molecule has 1 radical (unpaired) electrons. The quantitative estimate of drug-likeness (QED) is 0.0346. The Hall–Kier alpha value is -0.711. The van der Waals surface area contributed by atoms with Gasteiger partial charge in [0.05, 0.1) is 165 Å². The Morgan fingerprint density at radius 1 is 0.405 bits per heavy atom. The van der Waals surface area contributed by atoms with E-state index in [-0.39, 0.29) is 82.6 Å². The largest absolute Gasteiger partial charge is 0.873 e. The number of nitrogens with zero attached hydrogens (tertiary/aromatic N) is 2. The van der Waals surface area contributed by atoms with Gasteiger partial charge in [0.2, 0.25) is 0 Å². The molecule has 0 aromatic heterocycles. The van der Waals surface area contributed by atoms with Gasteiger partial charge in [0.1, 0.15) is 0 Å². The van der Waals surface area contributed by atoms with Gasteiger partial charge in [-0.2, -0.15) is 0 Å². The van der Waals surface area contributed by atoms with E-state index in [1.54, 1.807) is 27.7 Å². The van der Waals surface area contributed by atoms with Crippen LogP contribution in [-0.2, 0) is 95.9 Å². The van der Waals surface area contributed by atoms with Gasteiger partial charge in [-0.25, -0.2) is 0 Å². The summed E-state index contributed by atoms with van der Waals surface area (Å²) >= 11 is 0. The molecule has 23 heteroatoms. The molecule has 0 atom stereocenters. The third-order valence-corrected chi connectivity index (χ3v) is 19.9. The van der Waals surface area contributed by atoms with Crippen LogP contribution in [0.5, 0.6) is 0 Å². The van der Waals surface area contributed by atoms with E-state index in [2.05, 4.69) is 9.98 Å². The van der Waals surface area contributed by atoms with Gasteiger partial charge >= 0.3 is 0 Å². The van der Waals surface area contributed by atoms with Crippen LogP contribution in [0.3, 0.4) is 0 Å². The summed E-state index contributed by atoms with van der Waals surface area (Å²) in [6.07, 6.45) is 22.2. The van der Waals surface area contributed by atoms with Gasteiger partial charge in [0.15, 0.2) is 37.7 Å². The molecule has 0 N–H and O–H groups in total. The molecule has 461 valence electrons. The first-order chi connectivity index (χ1) is 37.8. The van der Waals surface area contributed by atoms with Crippen molar-refractivity contribution in [1.29, 1.82) is 0 Å². The Morgan fingerprint density at radius 2 is 0.608 bits per heavy atom. The van der Waals surface area contributed by atoms with Crippen molar-refractivity contribution in [3.8, 4) is 0 Å². The first-order valence-corrected chi connectivity index (χ1v) is 33.1. The molecular weight excluding hydrogens is 1150 g/mol. The minimum atomic E-state index is -0.929. The molecule has 0 bridgehead atoms. The summed E-state index contributed by atoms with van der Waals surface area (Å²) in [5.41, 5.74) is -0.854. The van der Waals surface area contributed by atoms with E-state index >= 15 is 0 Å². The van der Waals surface area contributed by atoms with Crippen LogP contribution in [0.25, 0.3) is 0 Å². The first-order valence-electron chi connectivity index (χ1n) is 28.8. The molecule has 0 spiro atoms. The standard InChI is InChI=1S/C20H36N2O6.2C18H33O6P.Tc/c1-19(2,27-7)17(23)11-15(13-25-5)21-9-10-22-16(14-26-6)12-18(24)20(3,4)28-8;2*1-7-19-16(20-8-1)4-13-25(14-5-17-21-9-2-10-22-17)15-6-18-23-11-3-12-24-18;/h11-12,23-24H,9-10,13-14H2,1-8H3;2*16-18H,1-15H2;/b17-11-,18-12-,21-15?,22-16?;;;/i;;;1+1. The van der Waals surface area contributed by atoms with E-state index in [0.717, 1.165) is 156 Å². The second-order valence-electron chi connectivity index (χ2n) is 20.9. The predicted molar refractivity (Wildman–Crippen MR) is 302 cm³/mol. The van der Waals surface area contributed by atoms with Gasteiger partial charge in [-0.05, 0) is 78.4 Å². The third-order valence-electron chi connectivity index (χ3n) is 13.9. The van der Waals surface area contributed by atoms with Crippen molar-refractivity contribution in [3.05, 3.63) is 23.7 Å². The molecule has 6 fully saturated rings. The van der Waals surface area contributed by atoms with Crippen molar-refractivity contribution in [2.24, 2.45) is 9.98 Å². The molecule has 0 aromatic carbocycles. The zero-order chi connectivity index (χ0) is 56.1. The van der Waals surface area contributed by atoms with Crippen molar-refractivity contribution in [1.82, 2.24) is 0 Å². The number of aliphatic imine (C=N–C) groups is 2. The van der Waals surface area contributed by atoms with Crippen LogP contribution in [0.2, 0.25) is 0 Å². The van der Waals surface area contributed by atoms with Crippen molar-refractivity contribution in [2.45, 2.75) is 154 Å². The van der Waals surface area contributed by atoms with E-state index in [1.807, 2.05) is 0 Å². The molecule has 0 aromatic rings. The maximum absolute atomic E-state index is 12.2. The van der Waals surface area contributed by atoms with Gasteiger partial charge in [-0.1, -0.05) is 11.5 Å². The smallest absolute Gasteiger partial charge is 0.161 e. The van der Waals surface area contributed by atoms with Crippen LogP contribution in [0.1, 0.15) is 105 Å². The maximum atomic E-state index is 12.2. The van der Waals surface area contributed by atoms with Crippen molar-refractivity contribution in [3.63, 3.8) is 0 Å². The molecule has 0 unspecified atom stereocenters. The van der Waals surface area contributed by atoms with E-state index in [9.17, 15) is 10.2 Å². The summed E-state index contributed by atoms with van der Waals surface area (Å²) in [6, 6.07) is 0. The molecule has 20 nitrogen and oxygen atoms in total. The van der Waals surface area contributed by atoms with Crippen LogP contribution in [0.4, 0.5) is 0 Å². The number of ether oxygens (including phenoxy) is 16. The Balaban J connectivity index is 0.000000310. The normalized spacial score (nSPS) is 21.1. The Bertz CT molecular complexity index is 1430. The minimum Gasteiger partial charge on any atom is -0.873 e. The fourth-order valence-electron chi connectivity index (χ4n) is 8.70. The number of hydrogen-bond acceptors (Lipinski definition) is 20. The number of methoxy groups -OCH3 is 4. The summed E-state index contributed by atoms with van der Waals surface area (Å²) in [7, 11) is 4.98. The molecule has 6 aliphatic heterocycles. The molecule has 6 saturated heterocycles. The number of hydrogen-bond donors (Lipinski definition) is 0. The fourth-order valence-corrected chi connectivity index (χ4v) is 14.1. The fraction of sp³-hybridized carbons (Fsp3) is 0.893. The second-order valence-corrected chi connectivity index (χ2v) is 26.9. The third kappa shape index (κ3) is 32.4. The molecule has 6 heterocycles. The monoisotopic (exact) mass is 1250 g/mol. The van der Waals surface area contributed by atoms with E-state index in [1.165, 1.54) is 77.6 Å². The van der Waals surface area contributed by atoms with Crippen molar-refractivity contribution >= 4 is 27.3 Å². The molecule has 0 saturated carbocycles. The summed E-state index contributed by atoms with van der Waals surface area (Å²) in [5.74, 6) is -0.398. The van der Waals surface area contributed by atoms with Crippen LogP contribution < -0.4 is 10.2 Å². The average molecular weight is 1250 g/mol. The van der Waals surface area contributed by atoms with Crippen LogP contribution in [-0.4, -0.2) is 231 Å². The summed E-state index contributed by atoms with van der Waals surface area (Å²) < 4.78 is 89.1. The molecule has 6 rings (SSSR count). The summed E-state index contributed by atoms with van der Waals surface area (Å²) in [6.45, 7) is 17.8. The Morgan fingerprint density at radius 3 is 0.785 bits per heavy atom. The molecular formula is C56H102N2O18P2Tc. The Labute approximate surface area is 489 Å². The molecule has 0 aliphatic carbocycles. The van der Waals surface area contributed by atoms with Crippen LogP contribution in [0.15, 0.2) is 33.7 Å². The van der Waals surface area contributed by atoms with Gasteiger partial charge in [-0.3, -0.25) is 9.98 Å². The van der Waals surface area contributed by atoms with Crippen molar-refractivity contribution < 1.29 is 106 Å². The molecule has 6 aliphatic rings. The van der Waals surface area contributed by atoms with E-state index in [0.29, 0.717) is 24.5 Å². The SMILES string of the molecule is C1COC(CC[PH+](CCC2OCCCO2)CCC2OCCCO2)OC1.C1COC(CC[PH+](CCC2OCCCO2)CCC2OCCCO2)OC1.COCC(/C=C(\[O-])C(C)(C)OC)=NCCN=C(/C=C(\[O-])C(C)(C)OC)COC.[99Tc]. The summed E-state index contributed by atoms with van der Waals surface area (Å²) in [5, 5.41) is 24.5. The summed E-state index contributed by atoms with van der Waals surface area (Å²) in [4.78, 5) is 8.73. The van der Waals surface area contributed by atoms with E-state index < -0.39 is 27.0 Å². The predicted octanol–water partition coefficient (Wildman–Crippen LogP) is 5.82. The minimum absolute atomic E-state index is 0. The Kier molecular flexibility index (Phi) is 40.3. The first kappa shape index (κ1) is 72.5.